The monoisotopic (exact) mass is 281 g/mol. The van der Waals surface area contributed by atoms with Gasteiger partial charge in [-0.3, -0.25) is 14.5 Å². The Morgan fingerprint density at radius 3 is 2.35 bits per heavy atom. The van der Waals surface area contributed by atoms with Gasteiger partial charge in [0.2, 0.25) is 11.8 Å². The number of carbonyl (C=O) groups is 2. The van der Waals surface area contributed by atoms with Crippen molar-refractivity contribution in [2.45, 2.75) is 33.1 Å². The largest absolute Gasteiger partial charge is 0.342 e. The van der Waals surface area contributed by atoms with E-state index in [-0.39, 0.29) is 5.91 Å². The standard InChI is InChI=1S/C15H27N3O2/c1-3-17(4-2)14(19)12-16-8-5-9-18(11-10-16)15(20)13-6-7-13/h13H,3-12H2,1-2H3. The Morgan fingerprint density at radius 1 is 1.05 bits per heavy atom. The van der Waals surface area contributed by atoms with Crippen LogP contribution in [0.2, 0.25) is 0 Å². The lowest BCUT2D eigenvalue weighted by Gasteiger charge is -2.25. The number of hydrogen-bond donors (Lipinski definition) is 0. The van der Waals surface area contributed by atoms with Crippen LogP contribution in [-0.4, -0.2) is 72.3 Å². The SMILES string of the molecule is CCN(CC)C(=O)CN1CCCN(C(=O)C2CC2)CC1. The first-order valence-corrected chi connectivity index (χ1v) is 7.94. The summed E-state index contributed by atoms with van der Waals surface area (Å²) in [5.41, 5.74) is 0. The summed E-state index contributed by atoms with van der Waals surface area (Å²) in [5.74, 6) is 0.845. The second-order valence-corrected chi connectivity index (χ2v) is 5.80. The lowest BCUT2D eigenvalue weighted by atomic mass is 10.3. The molecule has 114 valence electrons. The zero-order valence-corrected chi connectivity index (χ0v) is 12.8. The maximum absolute atomic E-state index is 12.1. The maximum atomic E-state index is 12.1. The van der Waals surface area contributed by atoms with Gasteiger partial charge in [-0.05, 0) is 33.1 Å². The molecular formula is C15H27N3O2. The zero-order chi connectivity index (χ0) is 14.5. The molecule has 5 nitrogen and oxygen atoms in total. The number of amides is 2. The van der Waals surface area contributed by atoms with E-state index in [0.717, 1.165) is 58.5 Å². The van der Waals surface area contributed by atoms with Crippen LogP contribution in [0, 0.1) is 5.92 Å². The average Bonchev–Trinajstić information content (AvgIpc) is 3.27. The van der Waals surface area contributed by atoms with Gasteiger partial charge in [-0.25, -0.2) is 0 Å². The van der Waals surface area contributed by atoms with Crippen LogP contribution in [0.3, 0.4) is 0 Å². The molecule has 2 fully saturated rings. The maximum Gasteiger partial charge on any atom is 0.236 e. The summed E-state index contributed by atoms with van der Waals surface area (Å²) < 4.78 is 0. The molecule has 0 aromatic rings. The molecule has 2 amide bonds. The molecule has 0 aromatic carbocycles. The van der Waals surface area contributed by atoms with E-state index < -0.39 is 0 Å². The summed E-state index contributed by atoms with van der Waals surface area (Å²) >= 11 is 0. The molecule has 2 aliphatic rings. The molecule has 0 atom stereocenters. The van der Waals surface area contributed by atoms with Gasteiger partial charge >= 0.3 is 0 Å². The molecule has 1 aliphatic carbocycles. The third-order valence-electron chi connectivity index (χ3n) is 4.30. The van der Waals surface area contributed by atoms with Gasteiger partial charge < -0.3 is 9.80 Å². The predicted octanol–water partition coefficient (Wildman–Crippen LogP) is 0.799. The first-order chi connectivity index (χ1) is 9.65. The molecule has 1 heterocycles. The smallest absolute Gasteiger partial charge is 0.236 e. The van der Waals surface area contributed by atoms with E-state index in [1.54, 1.807) is 0 Å². The number of hydrogen-bond acceptors (Lipinski definition) is 3. The summed E-state index contributed by atoms with van der Waals surface area (Å²) in [5, 5.41) is 0. The molecule has 0 bridgehead atoms. The first-order valence-electron chi connectivity index (χ1n) is 7.94. The second kappa shape index (κ2) is 7.07. The van der Waals surface area contributed by atoms with Crippen LogP contribution < -0.4 is 0 Å². The third kappa shape index (κ3) is 3.95. The number of rotatable bonds is 5. The quantitative estimate of drug-likeness (QED) is 0.749. The van der Waals surface area contributed by atoms with E-state index in [0.29, 0.717) is 18.4 Å². The summed E-state index contributed by atoms with van der Waals surface area (Å²) in [6.07, 6.45) is 3.11. The van der Waals surface area contributed by atoms with E-state index in [1.807, 2.05) is 23.6 Å². The van der Waals surface area contributed by atoms with Gasteiger partial charge in [0.1, 0.15) is 0 Å². The fourth-order valence-electron chi connectivity index (χ4n) is 2.81. The molecule has 1 saturated heterocycles. The van der Waals surface area contributed by atoms with Crippen LogP contribution in [0.15, 0.2) is 0 Å². The van der Waals surface area contributed by atoms with Gasteiger partial charge in [-0.2, -0.15) is 0 Å². The van der Waals surface area contributed by atoms with Crippen molar-refractivity contribution in [3.63, 3.8) is 0 Å². The van der Waals surface area contributed by atoms with Crippen molar-refractivity contribution in [1.82, 2.24) is 14.7 Å². The highest BCUT2D eigenvalue weighted by atomic mass is 16.2. The summed E-state index contributed by atoms with van der Waals surface area (Å²) in [4.78, 5) is 30.3. The van der Waals surface area contributed by atoms with Gasteiger partial charge in [-0.1, -0.05) is 0 Å². The Kier molecular flexibility index (Phi) is 5.40. The molecule has 0 unspecified atom stereocenters. The zero-order valence-electron chi connectivity index (χ0n) is 12.8. The van der Waals surface area contributed by atoms with E-state index in [4.69, 9.17) is 0 Å². The Bertz CT molecular complexity index is 351. The number of nitrogens with zero attached hydrogens (tertiary/aromatic N) is 3. The second-order valence-electron chi connectivity index (χ2n) is 5.80. The molecule has 2 rings (SSSR count). The normalized spacial score (nSPS) is 20.6. The summed E-state index contributed by atoms with van der Waals surface area (Å²) in [7, 11) is 0. The summed E-state index contributed by atoms with van der Waals surface area (Å²) in [6, 6.07) is 0. The van der Waals surface area contributed by atoms with Crippen molar-refractivity contribution in [2.75, 3.05) is 45.8 Å². The Labute approximate surface area is 121 Å². The van der Waals surface area contributed by atoms with Gasteiger partial charge in [0.05, 0.1) is 6.54 Å². The minimum Gasteiger partial charge on any atom is -0.342 e. The molecule has 1 aliphatic heterocycles. The van der Waals surface area contributed by atoms with Gasteiger partial charge in [0.25, 0.3) is 0 Å². The Hall–Kier alpha value is -1.10. The van der Waals surface area contributed by atoms with Crippen LogP contribution in [0.1, 0.15) is 33.1 Å². The van der Waals surface area contributed by atoms with Crippen molar-refractivity contribution in [1.29, 1.82) is 0 Å². The fourth-order valence-corrected chi connectivity index (χ4v) is 2.81. The van der Waals surface area contributed by atoms with Crippen LogP contribution in [-0.2, 0) is 9.59 Å². The molecule has 5 heteroatoms. The fraction of sp³-hybridized carbons (Fsp3) is 0.867. The highest BCUT2D eigenvalue weighted by Gasteiger charge is 2.34. The van der Waals surface area contributed by atoms with Crippen LogP contribution in [0.4, 0.5) is 0 Å². The number of likely N-dealkylation sites (N-methyl/N-ethyl adjacent to an activating group) is 1. The van der Waals surface area contributed by atoms with E-state index in [9.17, 15) is 9.59 Å². The van der Waals surface area contributed by atoms with E-state index >= 15 is 0 Å². The highest BCUT2D eigenvalue weighted by molar-refractivity contribution is 5.81. The van der Waals surface area contributed by atoms with Crippen LogP contribution in [0.25, 0.3) is 0 Å². The van der Waals surface area contributed by atoms with Gasteiger partial charge in [0, 0.05) is 45.2 Å². The van der Waals surface area contributed by atoms with Crippen molar-refractivity contribution in [3.05, 3.63) is 0 Å². The van der Waals surface area contributed by atoms with Crippen molar-refractivity contribution in [2.24, 2.45) is 5.92 Å². The molecule has 1 saturated carbocycles. The highest BCUT2D eigenvalue weighted by Crippen LogP contribution is 2.31. The van der Waals surface area contributed by atoms with Crippen molar-refractivity contribution < 1.29 is 9.59 Å². The minimum absolute atomic E-state index is 0.206. The molecule has 20 heavy (non-hydrogen) atoms. The van der Waals surface area contributed by atoms with Crippen LogP contribution >= 0.6 is 0 Å². The first kappa shape index (κ1) is 15.3. The molecule has 0 N–H and O–H groups in total. The van der Waals surface area contributed by atoms with Crippen molar-refractivity contribution >= 4 is 11.8 Å². The van der Waals surface area contributed by atoms with Gasteiger partial charge in [-0.15, -0.1) is 0 Å². The molecule has 0 aromatic heterocycles. The van der Waals surface area contributed by atoms with E-state index in [1.165, 1.54) is 0 Å². The molecular weight excluding hydrogens is 254 g/mol. The topological polar surface area (TPSA) is 43.9 Å². The van der Waals surface area contributed by atoms with Gasteiger partial charge in [0.15, 0.2) is 0 Å². The summed E-state index contributed by atoms with van der Waals surface area (Å²) in [6.45, 7) is 9.44. The predicted molar refractivity (Wildman–Crippen MR) is 78.3 cm³/mol. The lowest BCUT2D eigenvalue weighted by Crippen LogP contribution is -2.42. The molecule has 0 spiro atoms. The van der Waals surface area contributed by atoms with Crippen molar-refractivity contribution in [3.8, 4) is 0 Å². The van der Waals surface area contributed by atoms with Crippen LogP contribution in [0.5, 0.6) is 0 Å². The Balaban J connectivity index is 1.80. The molecule has 0 radical (unpaired) electrons. The Morgan fingerprint density at radius 2 is 1.75 bits per heavy atom. The third-order valence-corrected chi connectivity index (χ3v) is 4.30. The van der Waals surface area contributed by atoms with E-state index in [2.05, 4.69) is 4.90 Å². The average molecular weight is 281 g/mol. The number of carbonyl (C=O) groups excluding carboxylic acids is 2. The lowest BCUT2D eigenvalue weighted by molar-refractivity contribution is -0.132. The minimum atomic E-state index is 0.206.